The summed E-state index contributed by atoms with van der Waals surface area (Å²) in [5.74, 6) is 0.414. The molecular formula is C24H23N3O2. The van der Waals surface area contributed by atoms with Gasteiger partial charge in [0.1, 0.15) is 5.75 Å². The number of hydrogen-bond acceptors (Lipinski definition) is 4. The summed E-state index contributed by atoms with van der Waals surface area (Å²) in [5.41, 5.74) is 9.95. The van der Waals surface area contributed by atoms with E-state index in [0.29, 0.717) is 34.8 Å². The molecule has 3 rings (SSSR count). The van der Waals surface area contributed by atoms with Crippen LogP contribution >= 0.6 is 0 Å². The number of nitrogens with two attached hydrogens (primary N) is 1. The van der Waals surface area contributed by atoms with Gasteiger partial charge in [-0.3, -0.25) is 4.79 Å². The molecule has 0 aliphatic rings. The Labute approximate surface area is 170 Å². The van der Waals surface area contributed by atoms with E-state index in [1.807, 2.05) is 60.7 Å². The van der Waals surface area contributed by atoms with Crippen LogP contribution < -0.4 is 15.8 Å². The fraction of sp³-hybridized carbons (Fsp3) is 0.0833. The first-order chi connectivity index (χ1) is 14.1. The van der Waals surface area contributed by atoms with Crippen molar-refractivity contribution in [3.8, 4) is 5.75 Å². The largest absolute Gasteiger partial charge is 0.496 e. The lowest BCUT2D eigenvalue weighted by Gasteiger charge is -2.12. The van der Waals surface area contributed by atoms with Crippen LogP contribution in [0.15, 0.2) is 84.9 Å². The van der Waals surface area contributed by atoms with Crippen LogP contribution in [0.5, 0.6) is 5.75 Å². The van der Waals surface area contributed by atoms with Crippen molar-refractivity contribution in [1.82, 2.24) is 0 Å². The molecule has 3 aromatic carbocycles. The molecule has 0 saturated carbocycles. The summed E-state index contributed by atoms with van der Waals surface area (Å²) >= 11 is 0. The molecule has 0 radical (unpaired) electrons. The lowest BCUT2D eigenvalue weighted by atomic mass is 10.1. The molecule has 0 aliphatic heterocycles. The fourth-order valence-corrected chi connectivity index (χ4v) is 2.93. The topological polar surface area (TPSA) is 88.2 Å². The van der Waals surface area contributed by atoms with Crippen molar-refractivity contribution in [3.05, 3.63) is 102 Å². The van der Waals surface area contributed by atoms with Gasteiger partial charge < -0.3 is 21.2 Å². The van der Waals surface area contributed by atoms with Gasteiger partial charge in [-0.25, -0.2) is 0 Å². The molecule has 0 spiro atoms. The van der Waals surface area contributed by atoms with Crippen molar-refractivity contribution in [2.24, 2.45) is 5.73 Å². The Morgan fingerprint density at radius 2 is 1.69 bits per heavy atom. The zero-order valence-electron chi connectivity index (χ0n) is 16.2. The summed E-state index contributed by atoms with van der Waals surface area (Å²) in [5, 5.41) is 11.1. The molecule has 29 heavy (non-hydrogen) atoms. The number of hydrogen-bond donors (Lipinski definition) is 3. The Kier molecular flexibility index (Phi) is 6.43. The molecule has 3 aromatic rings. The Hall–Kier alpha value is -3.86. The van der Waals surface area contributed by atoms with Gasteiger partial charge in [-0.05, 0) is 29.3 Å². The van der Waals surface area contributed by atoms with Gasteiger partial charge in [0, 0.05) is 23.0 Å². The highest BCUT2D eigenvalue weighted by molar-refractivity contribution is 6.10. The molecule has 4 N–H and O–H groups in total. The van der Waals surface area contributed by atoms with Crippen molar-refractivity contribution in [2.45, 2.75) is 6.42 Å². The van der Waals surface area contributed by atoms with Crippen molar-refractivity contribution in [1.29, 1.82) is 5.41 Å². The Morgan fingerprint density at radius 1 is 1.03 bits per heavy atom. The first-order valence-electron chi connectivity index (χ1n) is 9.20. The number of nitrogens with one attached hydrogen (secondary N) is 2. The van der Waals surface area contributed by atoms with E-state index in [9.17, 15) is 4.79 Å². The van der Waals surface area contributed by atoms with E-state index in [2.05, 4.69) is 5.32 Å². The molecule has 0 aromatic heterocycles. The van der Waals surface area contributed by atoms with Crippen LogP contribution in [0.2, 0.25) is 0 Å². The average molecular weight is 385 g/mol. The van der Waals surface area contributed by atoms with Gasteiger partial charge in [-0.15, -0.1) is 0 Å². The van der Waals surface area contributed by atoms with Gasteiger partial charge in [-0.2, -0.15) is 0 Å². The van der Waals surface area contributed by atoms with Crippen LogP contribution in [0, 0.1) is 5.41 Å². The maximum atomic E-state index is 12.3. The molecule has 5 heteroatoms. The molecule has 5 nitrogen and oxygen atoms in total. The number of methoxy groups -OCH3 is 1. The number of carbonyl (C=O) groups is 1. The number of carbonyl (C=O) groups excluding carboxylic acids is 1. The lowest BCUT2D eigenvalue weighted by molar-refractivity contribution is -0.115. The second kappa shape index (κ2) is 9.37. The minimum absolute atomic E-state index is 0.111. The van der Waals surface area contributed by atoms with E-state index >= 15 is 0 Å². The van der Waals surface area contributed by atoms with Gasteiger partial charge in [-0.1, -0.05) is 60.7 Å². The van der Waals surface area contributed by atoms with Crippen LogP contribution in [0.25, 0.3) is 5.70 Å². The second-order valence-electron chi connectivity index (χ2n) is 6.50. The first kappa shape index (κ1) is 19.9. The fourth-order valence-electron chi connectivity index (χ4n) is 2.93. The van der Waals surface area contributed by atoms with Gasteiger partial charge in [0.2, 0.25) is 5.91 Å². The van der Waals surface area contributed by atoms with Crippen LogP contribution in [-0.2, 0) is 11.2 Å². The van der Waals surface area contributed by atoms with Crippen LogP contribution in [0.3, 0.4) is 0 Å². The minimum Gasteiger partial charge on any atom is -0.496 e. The van der Waals surface area contributed by atoms with E-state index in [0.717, 1.165) is 11.1 Å². The third kappa shape index (κ3) is 5.32. The first-order valence-corrected chi connectivity index (χ1v) is 9.20. The van der Waals surface area contributed by atoms with E-state index in [1.54, 1.807) is 31.4 Å². The van der Waals surface area contributed by atoms with E-state index in [4.69, 9.17) is 15.9 Å². The summed E-state index contributed by atoms with van der Waals surface area (Å²) in [4.78, 5) is 12.3. The van der Waals surface area contributed by atoms with E-state index in [-0.39, 0.29) is 5.91 Å². The van der Waals surface area contributed by atoms with E-state index in [1.165, 1.54) is 0 Å². The minimum atomic E-state index is -0.111. The summed E-state index contributed by atoms with van der Waals surface area (Å²) in [7, 11) is 1.55. The molecule has 146 valence electrons. The average Bonchev–Trinajstić information content (AvgIpc) is 2.74. The molecule has 0 unspecified atom stereocenters. The molecule has 0 bridgehead atoms. The molecular weight excluding hydrogens is 362 g/mol. The highest BCUT2D eigenvalue weighted by Crippen LogP contribution is 2.27. The van der Waals surface area contributed by atoms with Gasteiger partial charge in [0.05, 0.1) is 19.2 Å². The third-order valence-corrected chi connectivity index (χ3v) is 4.39. The van der Waals surface area contributed by atoms with Crippen molar-refractivity contribution in [3.63, 3.8) is 0 Å². The Bertz CT molecular complexity index is 1030. The molecule has 0 fully saturated rings. The molecule has 0 heterocycles. The number of allylic oxidation sites excluding steroid dienone is 1. The number of anilines is 1. The number of benzene rings is 3. The molecule has 1 amide bonds. The van der Waals surface area contributed by atoms with Crippen LogP contribution in [0.1, 0.15) is 16.7 Å². The molecule has 0 saturated heterocycles. The summed E-state index contributed by atoms with van der Waals surface area (Å²) in [6.45, 7) is 0. The van der Waals surface area contributed by atoms with E-state index < -0.39 is 0 Å². The maximum Gasteiger partial charge on any atom is 0.228 e. The van der Waals surface area contributed by atoms with Gasteiger partial charge >= 0.3 is 0 Å². The van der Waals surface area contributed by atoms with Crippen molar-refractivity contribution in [2.75, 3.05) is 12.4 Å². The SMILES string of the molecule is COc1cc(NC(=O)Cc2ccccc2)ccc1/C(N)=C/C(=N)c1ccccc1. The van der Waals surface area contributed by atoms with Gasteiger partial charge in [0.15, 0.2) is 0 Å². The Morgan fingerprint density at radius 3 is 2.34 bits per heavy atom. The predicted molar refractivity (Wildman–Crippen MR) is 117 cm³/mol. The number of amides is 1. The number of rotatable bonds is 7. The van der Waals surface area contributed by atoms with Crippen molar-refractivity contribution >= 4 is 23.0 Å². The normalized spacial score (nSPS) is 11.0. The zero-order valence-corrected chi connectivity index (χ0v) is 16.2. The quantitative estimate of drug-likeness (QED) is 0.532. The highest BCUT2D eigenvalue weighted by Gasteiger charge is 2.10. The van der Waals surface area contributed by atoms with Gasteiger partial charge in [0.25, 0.3) is 0 Å². The van der Waals surface area contributed by atoms with Crippen molar-refractivity contribution < 1.29 is 9.53 Å². The standard InChI is InChI=1S/C24H23N3O2/c1-29-23-15-19(27-24(28)14-17-8-4-2-5-9-17)12-13-20(23)22(26)16-21(25)18-10-6-3-7-11-18/h2-13,15-16,25H,14,26H2,1H3,(H,27,28)/b22-16-,25-21?. The molecule has 0 aliphatic carbocycles. The summed E-state index contributed by atoms with van der Waals surface area (Å²) in [6.07, 6.45) is 1.89. The maximum absolute atomic E-state index is 12.3. The highest BCUT2D eigenvalue weighted by atomic mass is 16.5. The van der Waals surface area contributed by atoms with Crippen LogP contribution in [0.4, 0.5) is 5.69 Å². The molecule has 0 atom stereocenters. The van der Waals surface area contributed by atoms with Crippen LogP contribution in [-0.4, -0.2) is 18.7 Å². The number of ether oxygens (including phenoxy) is 1. The monoisotopic (exact) mass is 385 g/mol. The smallest absolute Gasteiger partial charge is 0.228 e. The summed E-state index contributed by atoms with van der Waals surface area (Å²) < 4.78 is 5.45. The Balaban J connectivity index is 1.75. The lowest BCUT2D eigenvalue weighted by Crippen LogP contribution is -2.14. The zero-order chi connectivity index (χ0) is 20.6. The predicted octanol–water partition coefficient (Wildman–Crippen LogP) is 4.24. The second-order valence-corrected chi connectivity index (χ2v) is 6.50. The third-order valence-electron chi connectivity index (χ3n) is 4.39. The summed E-state index contributed by atoms with van der Waals surface area (Å²) in [6, 6.07) is 24.2.